The van der Waals surface area contributed by atoms with Crippen LogP contribution in [-0.4, -0.2) is 19.8 Å². The molecule has 0 atom stereocenters. The van der Waals surface area contributed by atoms with Crippen molar-refractivity contribution in [3.63, 3.8) is 0 Å². The van der Waals surface area contributed by atoms with Crippen molar-refractivity contribution >= 4 is 21.4 Å². The molecule has 0 spiro atoms. The summed E-state index contributed by atoms with van der Waals surface area (Å²) in [6.07, 6.45) is 2.57. The van der Waals surface area contributed by atoms with Gasteiger partial charge in [-0.2, -0.15) is 0 Å². The van der Waals surface area contributed by atoms with E-state index in [4.69, 9.17) is 4.74 Å². The molecule has 1 saturated carbocycles. The highest BCUT2D eigenvalue weighted by Crippen LogP contribution is 2.30. The maximum absolute atomic E-state index is 12.2. The normalized spacial score (nSPS) is 14.6. The van der Waals surface area contributed by atoms with Crippen LogP contribution in [0.1, 0.15) is 44.7 Å². The Morgan fingerprint density at radius 2 is 1.75 bits per heavy atom. The van der Waals surface area contributed by atoms with E-state index in [1.807, 2.05) is 24.3 Å². The fourth-order valence-corrected chi connectivity index (χ4v) is 3.37. The van der Waals surface area contributed by atoms with Gasteiger partial charge in [-0.05, 0) is 87.9 Å². The monoisotopic (exact) mass is 402 g/mol. The summed E-state index contributed by atoms with van der Waals surface area (Å²) in [6.45, 7) is 8.58. The molecule has 0 radical (unpaired) electrons. The smallest absolute Gasteiger partial charge is 0.237 e. The molecule has 2 N–H and O–H groups in total. The standard InChI is InChI=1S/C22H30N2O3S/c1-16-13-20(27-15-18-5-6-18)11-12-21(16)23-14-17-7-9-19(10-8-17)24-28(25,26)22(2,3)4/h7-13,18,23-24H,5-6,14-15H2,1-4H3. The van der Waals surface area contributed by atoms with Crippen LogP contribution in [0, 0.1) is 12.8 Å². The summed E-state index contributed by atoms with van der Waals surface area (Å²) >= 11 is 0. The average molecular weight is 403 g/mol. The first-order valence-corrected chi connectivity index (χ1v) is 11.2. The molecule has 2 aromatic carbocycles. The minimum Gasteiger partial charge on any atom is -0.493 e. The van der Waals surface area contributed by atoms with Gasteiger partial charge in [-0.25, -0.2) is 8.42 Å². The van der Waals surface area contributed by atoms with Crippen molar-refractivity contribution in [2.75, 3.05) is 16.6 Å². The molecule has 152 valence electrons. The van der Waals surface area contributed by atoms with E-state index in [9.17, 15) is 8.42 Å². The average Bonchev–Trinajstić information content (AvgIpc) is 3.43. The first kappa shape index (κ1) is 20.5. The number of hydrogen-bond acceptors (Lipinski definition) is 4. The van der Waals surface area contributed by atoms with Gasteiger partial charge in [-0.1, -0.05) is 12.1 Å². The predicted molar refractivity (Wildman–Crippen MR) is 115 cm³/mol. The van der Waals surface area contributed by atoms with E-state index < -0.39 is 14.8 Å². The maximum atomic E-state index is 12.2. The van der Waals surface area contributed by atoms with Crippen LogP contribution in [0.3, 0.4) is 0 Å². The number of ether oxygens (including phenoxy) is 1. The van der Waals surface area contributed by atoms with Crippen molar-refractivity contribution in [1.82, 2.24) is 0 Å². The van der Waals surface area contributed by atoms with Gasteiger partial charge in [0.1, 0.15) is 5.75 Å². The topological polar surface area (TPSA) is 67.4 Å². The zero-order valence-electron chi connectivity index (χ0n) is 17.1. The molecule has 0 saturated heterocycles. The number of benzene rings is 2. The second kappa shape index (κ2) is 8.03. The zero-order chi connectivity index (χ0) is 20.4. The minimum absolute atomic E-state index is 0.576. The van der Waals surface area contributed by atoms with Gasteiger partial charge >= 0.3 is 0 Å². The zero-order valence-corrected chi connectivity index (χ0v) is 17.9. The molecule has 1 aliphatic carbocycles. The van der Waals surface area contributed by atoms with E-state index in [2.05, 4.69) is 23.0 Å². The summed E-state index contributed by atoms with van der Waals surface area (Å²) in [4.78, 5) is 0. The third kappa shape index (κ3) is 5.41. The highest BCUT2D eigenvalue weighted by atomic mass is 32.2. The second-order valence-electron chi connectivity index (χ2n) is 8.50. The molecule has 0 aromatic heterocycles. The summed E-state index contributed by atoms with van der Waals surface area (Å²) in [5.74, 6) is 1.67. The first-order chi connectivity index (χ1) is 13.1. The maximum Gasteiger partial charge on any atom is 0.237 e. The van der Waals surface area contributed by atoms with Gasteiger partial charge in [0, 0.05) is 17.9 Å². The first-order valence-electron chi connectivity index (χ1n) is 9.73. The highest BCUT2D eigenvalue weighted by Gasteiger charge is 2.28. The molecule has 2 aromatic rings. The van der Waals surface area contributed by atoms with Gasteiger partial charge in [0.2, 0.25) is 10.0 Å². The molecule has 0 amide bonds. The minimum atomic E-state index is -3.41. The number of nitrogens with one attached hydrogen (secondary N) is 2. The van der Waals surface area contributed by atoms with Crippen LogP contribution < -0.4 is 14.8 Å². The number of sulfonamides is 1. The molecular formula is C22H30N2O3S. The number of anilines is 2. The number of rotatable bonds is 8. The molecular weight excluding hydrogens is 372 g/mol. The number of hydrogen-bond donors (Lipinski definition) is 2. The number of aryl methyl sites for hydroxylation is 1. The molecule has 0 unspecified atom stereocenters. The summed E-state index contributed by atoms with van der Waals surface area (Å²) < 4.78 is 32.1. The van der Waals surface area contributed by atoms with E-state index in [-0.39, 0.29) is 0 Å². The van der Waals surface area contributed by atoms with Gasteiger partial charge in [0.25, 0.3) is 0 Å². The third-order valence-corrected chi connectivity index (χ3v) is 6.99. The lowest BCUT2D eigenvalue weighted by molar-refractivity contribution is 0.299. The van der Waals surface area contributed by atoms with Crippen LogP contribution in [0.25, 0.3) is 0 Å². The van der Waals surface area contributed by atoms with Gasteiger partial charge in [-0.15, -0.1) is 0 Å². The summed E-state index contributed by atoms with van der Waals surface area (Å²) in [5.41, 5.74) is 3.86. The second-order valence-corrected chi connectivity index (χ2v) is 10.9. The van der Waals surface area contributed by atoms with Crippen LogP contribution in [-0.2, 0) is 16.6 Å². The predicted octanol–water partition coefficient (Wildman–Crippen LogP) is 4.94. The summed E-state index contributed by atoms with van der Waals surface area (Å²) in [7, 11) is -3.41. The van der Waals surface area contributed by atoms with Crippen molar-refractivity contribution in [3.05, 3.63) is 53.6 Å². The van der Waals surface area contributed by atoms with Crippen molar-refractivity contribution in [1.29, 1.82) is 0 Å². The molecule has 28 heavy (non-hydrogen) atoms. The van der Waals surface area contributed by atoms with Crippen LogP contribution in [0.5, 0.6) is 5.75 Å². The fourth-order valence-electron chi connectivity index (χ4n) is 2.62. The summed E-state index contributed by atoms with van der Waals surface area (Å²) in [5, 5.41) is 3.43. The lowest BCUT2D eigenvalue weighted by Crippen LogP contribution is -2.33. The molecule has 1 aliphatic rings. The Kier molecular flexibility index (Phi) is 5.89. The van der Waals surface area contributed by atoms with Crippen LogP contribution >= 0.6 is 0 Å². The van der Waals surface area contributed by atoms with E-state index in [0.717, 1.165) is 35.1 Å². The fraction of sp³-hybridized carbons (Fsp3) is 0.455. The lowest BCUT2D eigenvalue weighted by Gasteiger charge is -2.20. The van der Waals surface area contributed by atoms with Crippen molar-refractivity contribution < 1.29 is 13.2 Å². The Morgan fingerprint density at radius 1 is 1.07 bits per heavy atom. The Bertz CT molecular complexity index is 912. The van der Waals surface area contributed by atoms with Crippen molar-refractivity contribution in [2.24, 2.45) is 5.92 Å². The molecule has 1 fully saturated rings. The molecule has 5 nitrogen and oxygen atoms in total. The lowest BCUT2D eigenvalue weighted by atomic mass is 10.1. The largest absolute Gasteiger partial charge is 0.493 e. The van der Waals surface area contributed by atoms with E-state index in [0.29, 0.717) is 12.2 Å². The Labute approximate surface area is 168 Å². The summed E-state index contributed by atoms with van der Waals surface area (Å²) in [6, 6.07) is 13.6. The Morgan fingerprint density at radius 3 is 2.32 bits per heavy atom. The van der Waals surface area contributed by atoms with Crippen LogP contribution in [0.2, 0.25) is 0 Å². The van der Waals surface area contributed by atoms with Gasteiger partial charge in [0.05, 0.1) is 11.4 Å². The molecule has 0 heterocycles. The van der Waals surface area contributed by atoms with E-state index >= 15 is 0 Å². The van der Waals surface area contributed by atoms with E-state index in [1.165, 1.54) is 12.8 Å². The molecule has 6 heteroatoms. The van der Waals surface area contributed by atoms with Gasteiger partial charge in [0.15, 0.2) is 0 Å². The van der Waals surface area contributed by atoms with E-state index in [1.54, 1.807) is 32.9 Å². The third-order valence-electron chi connectivity index (χ3n) is 4.88. The molecule has 0 aliphatic heterocycles. The quantitative estimate of drug-likeness (QED) is 0.656. The van der Waals surface area contributed by atoms with Crippen molar-refractivity contribution in [2.45, 2.75) is 51.8 Å². The van der Waals surface area contributed by atoms with Crippen LogP contribution in [0.4, 0.5) is 11.4 Å². The van der Waals surface area contributed by atoms with Crippen molar-refractivity contribution in [3.8, 4) is 5.75 Å². The Hall–Kier alpha value is -2.21. The molecule has 3 rings (SSSR count). The van der Waals surface area contributed by atoms with Gasteiger partial charge in [-0.3, -0.25) is 4.72 Å². The van der Waals surface area contributed by atoms with Gasteiger partial charge < -0.3 is 10.1 Å². The molecule has 0 bridgehead atoms. The highest BCUT2D eigenvalue weighted by molar-refractivity contribution is 7.94. The van der Waals surface area contributed by atoms with Crippen LogP contribution in [0.15, 0.2) is 42.5 Å². The Balaban J connectivity index is 1.56. The SMILES string of the molecule is Cc1cc(OCC2CC2)ccc1NCc1ccc(NS(=O)(=O)C(C)(C)C)cc1.